The second-order valence-corrected chi connectivity index (χ2v) is 14.7. The van der Waals surface area contributed by atoms with E-state index < -0.39 is 5.97 Å². The lowest BCUT2D eigenvalue weighted by molar-refractivity contribution is -0.139. The van der Waals surface area contributed by atoms with Crippen LogP contribution in [-0.2, 0) is 43.0 Å². The lowest BCUT2D eigenvalue weighted by Gasteiger charge is -2.23. The molecule has 0 aromatic rings. The summed E-state index contributed by atoms with van der Waals surface area (Å²) in [4.78, 5) is 73.0. The van der Waals surface area contributed by atoms with Gasteiger partial charge >= 0.3 is 5.97 Å². The van der Waals surface area contributed by atoms with E-state index in [2.05, 4.69) is 5.32 Å². The van der Waals surface area contributed by atoms with E-state index in [1.54, 1.807) is 27.7 Å². The molecule has 2 amide bonds. The number of rotatable bonds is 39. The van der Waals surface area contributed by atoms with Crippen LogP contribution in [-0.4, -0.2) is 104 Å². The number of hydrogen-bond acceptors (Lipinski definition) is 9. The third-order valence-corrected chi connectivity index (χ3v) is 9.05. The Morgan fingerprint density at radius 2 is 0.887 bits per heavy atom. The summed E-state index contributed by atoms with van der Waals surface area (Å²) in [5.41, 5.74) is 0. The average Bonchev–Trinajstić information content (AvgIpc) is 3.11. The molecule has 0 atom stereocenters. The SMILES string of the molecule is CC(C)C(=O)CN(CC(=O)C(C)C)C(=O)CCNC(=O)CCOCCOCCOCCCC(=O)CCCCCCCCCCCCCCCCC(=O)O. The Kier molecular flexibility index (Phi) is 33.2. The first-order chi connectivity index (χ1) is 25.4. The van der Waals surface area contributed by atoms with Crippen molar-refractivity contribution in [3.63, 3.8) is 0 Å². The van der Waals surface area contributed by atoms with Crippen molar-refractivity contribution in [3.05, 3.63) is 0 Å². The summed E-state index contributed by atoms with van der Waals surface area (Å²) in [7, 11) is 0. The van der Waals surface area contributed by atoms with Gasteiger partial charge in [-0.05, 0) is 19.3 Å². The van der Waals surface area contributed by atoms with Gasteiger partial charge in [0, 0.05) is 57.1 Å². The molecule has 308 valence electrons. The predicted octanol–water partition coefficient (Wildman–Crippen LogP) is 6.89. The molecule has 12 nitrogen and oxygen atoms in total. The van der Waals surface area contributed by atoms with E-state index in [0.717, 1.165) is 38.5 Å². The van der Waals surface area contributed by atoms with Crippen molar-refractivity contribution in [1.82, 2.24) is 10.2 Å². The van der Waals surface area contributed by atoms with Crippen LogP contribution in [0.5, 0.6) is 0 Å². The molecule has 0 heterocycles. The number of hydrogen-bond donors (Lipinski definition) is 2. The summed E-state index contributed by atoms with van der Waals surface area (Å²) in [6, 6.07) is 0. The number of ether oxygens (including phenoxy) is 3. The molecule has 0 radical (unpaired) electrons. The lowest BCUT2D eigenvalue weighted by atomic mass is 10.0. The standard InChI is InChI=1S/C41H74N2O10/c1-34(2)37(45)32-43(33-38(46)35(3)4)40(48)23-25-42-39(47)24-27-52-29-31-53-30-28-51-26-19-21-36(44)20-17-15-13-11-9-7-5-6-8-10-12-14-16-18-22-41(49)50/h34-35H,5-33H2,1-4H3,(H,42,47)(H,49,50). The van der Waals surface area contributed by atoms with E-state index in [1.165, 1.54) is 62.7 Å². The van der Waals surface area contributed by atoms with Crippen molar-refractivity contribution in [2.45, 2.75) is 156 Å². The van der Waals surface area contributed by atoms with Gasteiger partial charge in [-0.25, -0.2) is 0 Å². The van der Waals surface area contributed by atoms with Crippen molar-refractivity contribution in [3.8, 4) is 0 Å². The van der Waals surface area contributed by atoms with Crippen molar-refractivity contribution >= 4 is 35.1 Å². The Morgan fingerprint density at radius 3 is 1.34 bits per heavy atom. The summed E-state index contributed by atoms with van der Waals surface area (Å²) < 4.78 is 16.5. The number of amides is 2. The maximum absolute atomic E-state index is 12.7. The maximum atomic E-state index is 12.7. The molecule has 0 saturated carbocycles. The summed E-state index contributed by atoms with van der Waals surface area (Å²) in [6.45, 7) is 9.22. The van der Waals surface area contributed by atoms with Gasteiger partial charge in [0.25, 0.3) is 0 Å². The highest BCUT2D eigenvalue weighted by Crippen LogP contribution is 2.14. The Labute approximate surface area is 320 Å². The summed E-state index contributed by atoms with van der Waals surface area (Å²) >= 11 is 0. The number of nitrogens with one attached hydrogen (secondary N) is 1. The summed E-state index contributed by atoms with van der Waals surface area (Å²) in [5, 5.41) is 11.3. The highest BCUT2D eigenvalue weighted by molar-refractivity contribution is 5.91. The third kappa shape index (κ3) is 33.6. The first-order valence-electron chi connectivity index (χ1n) is 20.5. The van der Waals surface area contributed by atoms with Crippen LogP contribution < -0.4 is 5.32 Å². The molecule has 0 fully saturated rings. The fraction of sp³-hybridized carbons (Fsp3) is 0.854. The number of carboxylic acids is 1. The summed E-state index contributed by atoms with van der Waals surface area (Å²) in [6.07, 6.45) is 18.8. The van der Waals surface area contributed by atoms with E-state index in [9.17, 15) is 28.8 Å². The van der Waals surface area contributed by atoms with Gasteiger partial charge in [0.05, 0.1) is 46.1 Å². The predicted molar refractivity (Wildman–Crippen MR) is 207 cm³/mol. The average molecular weight is 755 g/mol. The van der Waals surface area contributed by atoms with Gasteiger partial charge in [-0.1, -0.05) is 105 Å². The van der Waals surface area contributed by atoms with Gasteiger partial charge in [0.2, 0.25) is 11.8 Å². The van der Waals surface area contributed by atoms with Gasteiger partial charge in [-0.3, -0.25) is 28.8 Å². The van der Waals surface area contributed by atoms with Crippen molar-refractivity contribution in [2.75, 3.05) is 59.3 Å². The van der Waals surface area contributed by atoms with Crippen LogP contribution in [0.25, 0.3) is 0 Å². The zero-order valence-electron chi connectivity index (χ0n) is 33.7. The third-order valence-electron chi connectivity index (χ3n) is 9.05. The molecule has 0 aliphatic carbocycles. The molecular weight excluding hydrogens is 680 g/mol. The minimum absolute atomic E-state index is 0.00118. The molecule has 53 heavy (non-hydrogen) atoms. The topological polar surface area (TPSA) is 166 Å². The maximum Gasteiger partial charge on any atom is 0.303 e. The molecule has 0 bridgehead atoms. The van der Waals surface area contributed by atoms with Crippen LogP contribution in [0, 0.1) is 11.8 Å². The zero-order valence-corrected chi connectivity index (χ0v) is 33.7. The number of carbonyl (C=O) groups is 6. The van der Waals surface area contributed by atoms with E-state index in [4.69, 9.17) is 19.3 Å². The minimum atomic E-state index is -0.690. The van der Waals surface area contributed by atoms with Crippen molar-refractivity contribution in [1.29, 1.82) is 0 Å². The van der Waals surface area contributed by atoms with Crippen molar-refractivity contribution < 1.29 is 48.1 Å². The van der Waals surface area contributed by atoms with Crippen LogP contribution in [0.3, 0.4) is 0 Å². The Bertz CT molecular complexity index is 979. The van der Waals surface area contributed by atoms with Crippen LogP contribution in [0.15, 0.2) is 0 Å². The van der Waals surface area contributed by atoms with E-state index in [-0.39, 0.29) is 74.3 Å². The number of aliphatic carboxylic acids is 1. The lowest BCUT2D eigenvalue weighted by Crippen LogP contribution is -2.42. The fourth-order valence-electron chi connectivity index (χ4n) is 5.45. The Morgan fingerprint density at radius 1 is 0.491 bits per heavy atom. The van der Waals surface area contributed by atoms with Crippen LogP contribution in [0.2, 0.25) is 0 Å². The molecule has 0 rings (SSSR count). The number of carboxylic acid groups (broad SMARTS) is 1. The minimum Gasteiger partial charge on any atom is -0.481 e. The number of nitrogens with zero attached hydrogens (tertiary/aromatic N) is 1. The molecule has 0 aliphatic rings. The van der Waals surface area contributed by atoms with Crippen LogP contribution in [0.1, 0.15) is 156 Å². The molecule has 2 N–H and O–H groups in total. The molecule has 0 aromatic heterocycles. The Hall–Kier alpha value is -2.70. The largest absolute Gasteiger partial charge is 0.481 e. The molecule has 0 saturated heterocycles. The monoisotopic (exact) mass is 755 g/mol. The van der Waals surface area contributed by atoms with Gasteiger partial charge in [0.15, 0.2) is 11.6 Å². The van der Waals surface area contributed by atoms with E-state index in [1.807, 2.05) is 0 Å². The molecule has 0 aromatic carbocycles. The highest BCUT2D eigenvalue weighted by atomic mass is 16.5. The summed E-state index contributed by atoms with van der Waals surface area (Å²) in [5.74, 6) is -1.70. The quantitative estimate of drug-likeness (QED) is 0.0632. The fourth-order valence-corrected chi connectivity index (χ4v) is 5.45. The molecule has 12 heteroatoms. The van der Waals surface area contributed by atoms with Gasteiger partial charge < -0.3 is 29.5 Å². The first kappa shape index (κ1) is 50.3. The van der Waals surface area contributed by atoms with E-state index in [0.29, 0.717) is 58.1 Å². The van der Waals surface area contributed by atoms with Gasteiger partial charge in [0.1, 0.15) is 5.78 Å². The smallest absolute Gasteiger partial charge is 0.303 e. The second kappa shape index (κ2) is 35.0. The molecule has 0 aliphatic heterocycles. The Balaban J connectivity index is 3.57. The molecule has 0 unspecified atom stereocenters. The first-order valence-corrected chi connectivity index (χ1v) is 20.5. The van der Waals surface area contributed by atoms with Crippen LogP contribution >= 0.6 is 0 Å². The van der Waals surface area contributed by atoms with Gasteiger partial charge in [-0.2, -0.15) is 0 Å². The van der Waals surface area contributed by atoms with E-state index >= 15 is 0 Å². The normalized spacial score (nSPS) is 11.3. The second-order valence-electron chi connectivity index (χ2n) is 14.7. The van der Waals surface area contributed by atoms with Crippen molar-refractivity contribution in [2.24, 2.45) is 11.8 Å². The number of Topliss-reactive ketones (excluding diaryl/α,β-unsaturated/α-hetero) is 3. The van der Waals surface area contributed by atoms with Crippen LogP contribution in [0.4, 0.5) is 0 Å². The zero-order chi connectivity index (χ0) is 39.5. The molecular formula is C41H74N2O10. The number of ketones is 3. The highest BCUT2D eigenvalue weighted by Gasteiger charge is 2.22. The molecule has 0 spiro atoms. The number of carbonyl (C=O) groups excluding carboxylic acids is 5. The number of unbranched alkanes of at least 4 members (excludes halogenated alkanes) is 13. The van der Waals surface area contributed by atoms with Gasteiger partial charge in [-0.15, -0.1) is 0 Å².